The number of nitrogens with zero attached hydrogens (tertiary/aromatic N) is 2. The van der Waals surface area contributed by atoms with Crippen molar-refractivity contribution in [3.05, 3.63) is 17.7 Å². The predicted molar refractivity (Wildman–Crippen MR) is 61.1 cm³/mol. The third-order valence-electron chi connectivity index (χ3n) is 2.50. The van der Waals surface area contributed by atoms with Gasteiger partial charge in [-0.1, -0.05) is 13.3 Å². The van der Waals surface area contributed by atoms with Crippen molar-refractivity contribution < 1.29 is 4.79 Å². The molecule has 1 aromatic heterocycles. The Morgan fingerprint density at radius 1 is 1.67 bits per heavy atom. The van der Waals surface area contributed by atoms with Gasteiger partial charge in [0.15, 0.2) is 0 Å². The van der Waals surface area contributed by atoms with Gasteiger partial charge in [-0.05, 0) is 38.3 Å². The molecule has 0 saturated carbocycles. The number of halogens is 1. The molecule has 1 atom stereocenters. The highest BCUT2D eigenvalue weighted by Gasteiger charge is 2.15. The summed E-state index contributed by atoms with van der Waals surface area (Å²) in [6, 6.07) is -0.324. The van der Waals surface area contributed by atoms with Crippen LogP contribution in [-0.4, -0.2) is 14.8 Å². The maximum absolute atomic E-state index is 11.0. The molecule has 0 fully saturated rings. The number of aryl methyl sites for hydroxylation is 2. The number of imidazole rings is 1. The average Bonchev–Trinajstić information content (AvgIpc) is 2.55. The molecule has 15 heavy (non-hydrogen) atoms. The van der Waals surface area contributed by atoms with Gasteiger partial charge >= 0.3 is 0 Å². The first-order chi connectivity index (χ1) is 7.06. The van der Waals surface area contributed by atoms with Gasteiger partial charge in [0, 0.05) is 6.20 Å². The number of carbonyl (C=O) groups is 1. The van der Waals surface area contributed by atoms with Crippen LogP contribution in [0.5, 0.6) is 0 Å². The molecule has 0 amide bonds. The number of hydrogen-bond acceptors (Lipinski definition) is 2. The standard InChI is InChI=1S/C11H17ClN2O/c1-4-5-6-10-7-14(9(3)13-10)8(2)11(12)15/h7-8H,4-6H2,1-3H3. The summed E-state index contributed by atoms with van der Waals surface area (Å²) in [5.74, 6) is 0.850. The third kappa shape index (κ3) is 3.06. The van der Waals surface area contributed by atoms with E-state index in [9.17, 15) is 4.79 Å². The Kier molecular flexibility index (Phi) is 4.33. The van der Waals surface area contributed by atoms with Crippen LogP contribution in [0.1, 0.15) is 44.2 Å². The van der Waals surface area contributed by atoms with Gasteiger partial charge in [0.2, 0.25) is 5.24 Å². The third-order valence-corrected chi connectivity index (χ3v) is 2.82. The first-order valence-corrected chi connectivity index (χ1v) is 5.67. The zero-order valence-electron chi connectivity index (χ0n) is 9.46. The number of rotatable bonds is 5. The Balaban J connectivity index is 2.81. The molecule has 3 nitrogen and oxygen atoms in total. The van der Waals surface area contributed by atoms with Crippen LogP contribution in [0.3, 0.4) is 0 Å². The van der Waals surface area contributed by atoms with E-state index in [0.29, 0.717) is 0 Å². The Hall–Kier alpha value is -0.830. The highest BCUT2D eigenvalue weighted by Crippen LogP contribution is 2.15. The van der Waals surface area contributed by atoms with Crippen LogP contribution in [0.2, 0.25) is 0 Å². The predicted octanol–water partition coefficient (Wildman–Crippen LogP) is 2.86. The van der Waals surface area contributed by atoms with E-state index in [-0.39, 0.29) is 11.3 Å². The van der Waals surface area contributed by atoms with Crippen LogP contribution in [0, 0.1) is 6.92 Å². The molecular formula is C11H17ClN2O. The average molecular weight is 229 g/mol. The van der Waals surface area contributed by atoms with Crippen molar-refractivity contribution in [3.63, 3.8) is 0 Å². The molecule has 0 saturated heterocycles. The van der Waals surface area contributed by atoms with E-state index >= 15 is 0 Å². The topological polar surface area (TPSA) is 34.9 Å². The fourth-order valence-corrected chi connectivity index (χ4v) is 1.63. The van der Waals surface area contributed by atoms with Crippen molar-refractivity contribution in [2.24, 2.45) is 0 Å². The second-order valence-corrected chi connectivity index (χ2v) is 4.14. The van der Waals surface area contributed by atoms with Gasteiger partial charge in [-0.25, -0.2) is 4.98 Å². The minimum absolute atomic E-state index is 0.324. The van der Waals surface area contributed by atoms with Crippen molar-refractivity contribution in [1.29, 1.82) is 0 Å². The van der Waals surface area contributed by atoms with E-state index in [1.807, 2.05) is 17.7 Å². The first kappa shape index (κ1) is 12.2. The van der Waals surface area contributed by atoms with E-state index in [1.54, 1.807) is 6.92 Å². The Labute approximate surface area is 95.5 Å². The lowest BCUT2D eigenvalue weighted by Gasteiger charge is -2.08. The maximum atomic E-state index is 11.0. The van der Waals surface area contributed by atoms with Crippen molar-refractivity contribution in [3.8, 4) is 0 Å². The highest BCUT2D eigenvalue weighted by molar-refractivity contribution is 6.64. The quantitative estimate of drug-likeness (QED) is 0.727. The Morgan fingerprint density at radius 2 is 2.33 bits per heavy atom. The summed E-state index contributed by atoms with van der Waals surface area (Å²) in [4.78, 5) is 15.4. The summed E-state index contributed by atoms with van der Waals surface area (Å²) < 4.78 is 1.83. The summed E-state index contributed by atoms with van der Waals surface area (Å²) in [6.07, 6.45) is 5.17. The zero-order valence-corrected chi connectivity index (χ0v) is 10.2. The Morgan fingerprint density at radius 3 is 2.87 bits per heavy atom. The largest absolute Gasteiger partial charge is 0.323 e. The fraction of sp³-hybridized carbons (Fsp3) is 0.636. The van der Waals surface area contributed by atoms with Crippen LogP contribution < -0.4 is 0 Å². The van der Waals surface area contributed by atoms with Gasteiger partial charge in [0.05, 0.1) is 5.69 Å². The molecule has 1 rings (SSSR count). The maximum Gasteiger partial charge on any atom is 0.244 e. The minimum Gasteiger partial charge on any atom is -0.323 e. The van der Waals surface area contributed by atoms with Gasteiger partial charge in [0.1, 0.15) is 11.9 Å². The molecule has 84 valence electrons. The van der Waals surface area contributed by atoms with Crippen LogP contribution in [0.25, 0.3) is 0 Å². The first-order valence-electron chi connectivity index (χ1n) is 5.30. The molecule has 1 aromatic rings. The SMILES string of the molecule is CCCCc1cn(C(C)C(=O)Cl)c(C)n1. The lowest BCUT2D eigenvalue weighted by atomic mass is 10.2. The smallest absolute Gasteiger partial charge is 0.244 e. The lowest BCUT2D eigenvalue weighted by molar-refractivity contribution is -0.114. The van der Waals surface area contributed by atoms with Crippen LogP contribution in [-0.2, 0) is 11.2 Å². The molecule has 0 aromatic carbocycles. The number of carbonyl (C=O) groups excluding carboxylic acids is 1. The second kappa shape index (κ2) is 5.31. The summed E-state index contributed by atoms with van der Waals surface area (Å²) in [5.41, 5.74) is 1.04. The van der Waals surface area contributed by atoms with E-state index in [2.05, 4.69) is 11.9 Å². The van der Waals surface area contributed by atoms with E-state index in [0.717, 1.165) is 30.8 Å². The normalized spacial score (nSPS) is 12.8. The van der Waals surface area contributed by atoms with Crippen molar-refractivity contribution in [1.82, 2.24) is 9.55 Å². The highest BCUT2D eigenvalue weighted by atomic mass is 35.5. The fourth-order valence-electron chi connectivity index (χ4n) is 1.53. The van der Waals surface area contributed by atoms with Gasteiger partial charge in [-0.15, -0.1) is 0 Å². The van der Waals surface area contributed by atoms with Crippen LogP contribution >= 0.6 is 11.6 Å². The molecule has 0 aliphatic rings. The number of unbranched alkanes of at least 4 members (excludes halogenated alkanes) is 1. The summed E-state index contributed by atoms with van der Waals surface area (Å²) >= 11 is 5.46. The molecule has 1 heterocycles. The van der Waals surface area contributed by atoms with Gasteiger partial charge < -0.3 is 4.57 Å². The van der Waals surface area contributed by atoms with Crippen molar-refractivity contribution in [2.45, 2.75) is 46.1 Å². The van der Waals surface area contributed by atoms with E-state index in [1.165, 1.54) is 0 Å². The molecule has 0 N–H and O–H groups in total. The van der Waals surface area contributed by atoms with Crippen LogP contribution in [0.4, 0.5) is 0 Å². The molecule has 0 spiro atoms. The number of aromatic nitrogens is 2. The summed E-state index contributed by atoms with van der Waals surface area (Å²) in [7, 11) is 0. The molecule has 1 unspecified atom stereocenters. The lowest BCUT2D eigenvalue weighted by Crippen LogP contribution is -2.11. The second-order valence-electron chi connectivity index (χ2n) is 3.77. The number of hydrogen-bond donors (Lipinski definition) is 0. The van der Waals surface area contributed by atoms with Crippen LogP contribution in [0.15, 0.2) is 6.20 Å². The monoisotopic (exact) mass is 228 g/mol. The van der Waals surface area contributed by atoms with E-state index in [4.69, 9.17) is 11.6 Å². The Bertz CT molecular complexity index is 346. The summed E-state index contributed by atoms with van der Waals surface area (Å²) in [6.45, 7) is 5.83. The van der Waals surface area contributed by atoms with Gasteiger partial charge in [-0.3, -0.25) is 4.79 Å². The molecular weight excluding hydrogens is 212 g/mol. The van der Waals surface area contributed by atoms with Gasteiger partial charge in [0.25, 0.3) is 0 Å². The van der Waals surface area contributed by atoms with Crippen molar-refractivity contribution >= 4 is 16.8 Å². The summed E-state index contributed by atoms with van der Waals surface area (Å²) in [5, 5.41) is -0.349. The molecule has 0 bridgehead atoms. The molecule has 4 heteroatoms. The van der Waals surface area contributed by atoms with Gasteiger partial charge in [-0.2, -0.15) is 0 Å². The molecule has 0 aliphatic carbocycles. The van der Waals surface area contributed by atoms with Crippen molar-refractivity contribution in [2.75, 3.05) is 0 Å². The molecule has 0 radical (unpaired) electrons. The minimum atomic E-state index is -0.349. The molecule has 0 aliphatic heterocycles. The van der Waals surface area contributed by atoms with E-state index < -0.39 is 0 Å². The zero-order chi connectivity index (χ0) is 11.4.